The van der Waals surface area contributed by atoms with Gasteiger partial charge in [-0.1, -0.05) is 38.8 Å². The number of alkyl halides is 8. The zero-order valence-electron chi connectivity index (χ0n) is 8.43. The van der Waals surface area contributed by atoms with Crippen molar-refractivity contribution in [2.45, 2.75) is 43.4 Å². The molecule has 0 saturated heterocycles. The monoisotopic (exact) mass is 380 g/mol. The summed E-state index contributed by atoms with van der Waals surface area (Å²) in [4.78, 5) is -1.34. The van der Waals surface area contributed by atoms with Crippen LogP contribution in [0, 0.1) is 0 Å². The molecule has 0 fully saturated rings. The highest BCUT2D eigenvalue weighted by Crippen LogP contribution is 2.28. The Morgan fingerprint density at radius 3 is 1.56 bits per heavy atom. The van der Waals surface area contributed by atoms with Crippen LogP contribution in [0.15, 0.2) is 0 Å². The van der Waals surface area contributed by atoms with Crippen LogP contribution in [0.5, 0.6) is 0 Å². The fourth-order valence-corrected chi connectivity index (χ4v) is 0.779. The average molecular weight is 382 g/mol. The Hall–Kier alpha value is 0.540. The largest absolute Gasteiger partial charge is 0.401 e. The summed E-state index contributed by atoms with van der Waals surface area (Å²) in [5, 5.41) is 0.423. The highest BCUT2D eigenvalue weighted by Gasteiger charge is 2.35. The van der Waals surface area contributed by atoms with Gasteiger partial charge >= 0.3 is 12.4 Å². The Morgan fingerprint density at radius 2 is 1.50 bits per heavy atom. The van der Waals surface area contributed by atoms with Crippen LogP contribution in [0.3, 0.4) is 0 Å². The molecule has 0 saturated carbocycles. The van der Waals surface area contributed by atoms with Crippen molar-refractivity contribution in [2.75, 3.05) is 5.33 Å². The molecule has 0 radical (unpaired) electrons. The third-order valence-electron chi connectivity index (χ3n) is 1.31. The Bertz CT molecular complexity index is 165. The maximum Gasteiger partial charge on any atom is 0.401 e. The van der Waals surface area contributed by atoms with Gasteiger partial charge in [0.25, 0.3) is 0 Å². The van der Waals surface area contributed by atoms with Gasteiger partial charge in [-0.3, -0.25) is 0 Å². The van der Waals surface area contributed by atoms with Crippen LogP contribution in [0.2, 0.25) is 0 Å². The Balaban J connectivity index is 0. The highest BCUT2D eigenvalue weighted by atomic mass is 79.9. The summed E-state index contributed by atoms with van der Waals surface area (Å²) in [5.74, 6) is 0. The third-order valence-corrected chi connectivity index (χ3v) is 3.03. The van der Waals surface area contributed by atoms with E-state index < -0.39 is 23.6 Å². The van der Waals surface area contributed by atoms with Crippen LogP contribution in [-0.2, 0) is 0 Å². The van der Waals surface area contributed by atoms with Gasteiger partial charge in [0, 0.05) is 11.8 Å². The molecular weight excluding hydrogens is 370 g/mol. The fourth-order valence-electron chi connectivity index (χ4n) is 0.499. The minimum absolute atomic E-state index is 0.0868. The van der Waals surface area contributed by atoms with Crippen molar-refractivity contribution in [1.82, 2.24) is 0 Å². The molecular formula is C8H12Br2F6. The van der Waals surface area contributed by atoms with Crippen molar-refractivity contribution in [1.29, 1.82) is 0 Å². The summed E-state index contributed by atoms with van der Waals surface area (Å²) in [6.45, 7) is 1.48. The molecule has 0 bridgehead atoms. The molecule has 0 heterocycles. The van der Waals surface area contributed by atoms with Crippen molar-refractivity contribution < 1.29 is 26.3 Å². The molecule has 0 aliphatic carbocycles. The molecule has 1 atom stereocenters. The van der Waals surface area contributed by atoms with E-state index in [1.54, 1.807) is 0 Å². The van der Waals surface area contributed by atoms with Crippen molar-refractivity contribution in [3.8, 4) is 0 Å². The molecule has 16 heavy (non-hydrogen) atoms. The van der Waals surface area contributed by atoms with Gasteiger partial charge in [0.2, 0.25) is 0 Å². The normalized spacial score (nSPS) is 14.1. The smallest absolute Gasteiger partial charge is 0.171 e. The average Bonchev–Trinajstić information content (AvgIpc) is 2.11. The lowest BCUT2D eigenvalue weighted by atomic mass is 10.3. The molecule has 0 aliphatic heterocycles. The van der Waals surface area contributed by atoms with Gasteiger partial charge in [-0.25, -0.2) is 0 Å². The van der Waals surface area contributed by atoms with Crippen LogP contribution in [-0.4, -0.2) is 22.5 Å². The lowest BCUT2D eigenvalue weighted by molar-refractivity contribution is -0.134. The lowest BCUT2D eigenvalue weighted by Crippen LogP contribution is -2.21. The molecule has 0 nitrogen and oxygen atoms in total. The summed E-state index contributed by atoms with van der Waals surface area (Å²) in [6.07, 6.45) is -8.48. The van der Waals surface area contributed by atoms with E-state index in [1.165, 1.54) is 6.92 Å². The first kappa shape index (κ1) is 18.9. The molecule has 0 aromatic rings. The SMILES string of the molecule is CCC(Br)C(F)(F)F.FC(F)(F)CCCBr. The van der Waals surface area contributed by atoms with Crippen molar-refractivity contribution in [3.63, 3.8) is 0 Å². The Labute approximate surface area is 107 Å². The molecule has 0 amide bonds. The van der Waals surface area contributed by atoms with Gasteiger partial charge in [-0.2, -0.15) is 26.3 Å². The standard InChI is InChI=1S/2C4H6BrF3/c1-2-3(5)4(6,7)8;5-3-1-2-4(6,7)8/h3H,2H2,1H3;1-3H2. The molecule has 0 rings (SSSR count). The minimum atomic E-state index is -4.07. The predicted molar refractivity (Wildman–Crippen MR) is 58.1 cm³/mol. The van der Waals surface area contributed by atoms with Crippen LogP contribution in [0.4, 0.5) is 26.3 Å². The minimum Gasteiger partial charge on any atom is -0.171 e. The molecule has 0 aromatic carbocycles. The van der Waals surface area contributed by atoms with Gasteiger partial charge in [-0.05, 0) is 12.8 Å². The van der Waals surface area contributed by atoms with Crippen LogP contribution < -0.4 is 0 Å². The molecule has 0 spiro atoms. The molecule has 0 N–H and O–H groups in total. The summed E-state index contributed by atoms with van der Waals surface area (Å²) < 4.78 is 67.9. The molecule has 8 heteroatoms. The quantitative estimate of drug-likeness (QED) is 0.450. The van der Waals surface area contributed by atoms with Gasteiger partial charge in [0.15, 0.2) is 0 Å². The molecule has 0 aromatic heterocycles. The van der Waals surface area contributed by atoms with Crippen molar-refractivity contribution in [2.24, 2.45) is 0 Å². The number of hydrogen-bond acceptors (Lipinski definition) is 0. The first-order chi connectivity index (χ1) is 7.04. The van der Waals surface area contributed by atoms with Crippen LogP contribution >= 0.6 is 31.9 Å². The number of rotatable bonds is 3. The zero-order chi connectivity index (χ0) is 13.4. The van der Waals surface area contributed by atoms with E-state index in [1.807, 2.05) is 0 Å². The summed E-state index contributed by atoms with van der Waals surface area (Å²) in [6, 6.07) is 0. The molecule has 100 valence electrons. The highest BCUT2D eigenvalue weighted by molar-refractivity contribution is 9.09. The van der Waals surface area contributed by atoms with E-state index in [0.29, 0.717) is 5.33 Å². The Morgan fingerprint density at radius 1 is 1.06 bits per heavy atom. The first-order valence-corrected chi connectivity index (χ1v) is 6.41. The van der Waals surface area contributed by atoms with Gasteiger partial charge in [0.1, 0.15) is 4.83 Å². The van der Waals surface area contributed by atoms with Crippen molar-refractivity contribution in [3.05, 3.63) is 0 Å². The molecule has 0 aliphatic rings. The van der Waals surface area contributed by atoms with E-state index in [9.17, 15) is 26.3 Å². The van der Waals surface area contributed by atoms with Gasteiger partial charge in [-0.15, -0.1) is 0 Å². The topological polar surface area (TPSA) is 0 Å². The van der Waals surface area contributed by atoms with Gasteiger partial charge in [0.05, 0.1) is 0 Å². The fraction of sp³-hybridized carbons (Fsp3) is 1.00. The summed E-state index contributed by atoms with van der Waals surface area (Å²) in [7, 11) is 0. The van der Waals surface area contributed by atoms with E-state index >= 15 is 0 Å². The second-order valence-electron chi connectivity index (χ2n) is 2.83. The third kappa shape index (κ3) is 14.5. The van der Waals surface area contributed by atoms with Crippen LogP contribution in [0.25, 0.3) is 0 Å². The van der Waals surface area contributed by atoms with E-state index in [0.717, 1.165) is 0 Å². The Kier molecular flexibility index (Phi) is 10.2. The van der Waals surface area contributed by atoms with Crippen molar-refractivity contribution >= 4 is 31.9 Å². The van der Waals surface area contributed by atoms with E-state index in [4.69, 9.17) is 0 Å². The van der Waals surface area contributed by atoms with Crippen LogP contribution in [0.1, 0.15) is 26.2 Å². The summed E-state index contributed by atoms with van der Waals surface area (Å²) >= 11 is 5.37. The number of halogens is 8. The zero-order valence-corrected chi connectivity index (χ0v) is 11.6. The predicted octanol–water partition coefficient (Wildman–Crippen LogP) is 5.45. The second kappa shape index (κ2) is 8.60. The first-order valence-electron chi connectivity index (χ1n) is 4.38. The number of hydrogen-bond donors (Lipinski definition) is 0. The van der Waals surface area contributed by atoms with E-state index in [2.05, 4.69) is 31.9 Å². The van der Waals surface area contributed by atoms with E-state index in [-0.39, 0.29) is 12.8 Å². The second-order valence-corrected chi connectivity index (χ2v) is 4.72. The lowest BCUT2D eigenvalue weighted by Gasteiger charge is -2.09. The maximum absolute atomic E-state index is 11.4. The molecule has 1 unspecified atom stereocenters. The summed E-state index contributed by atoms with van der Waals surface area (Å²) in [5.41, 5.74) is 0. The maximum atomic E-state index is 11.4. The van der Waals surface area contributed by atoms with Gasteiger partial charge < -0.3 is 0 Å².